The lowest BCUT2D eigenvalue weighted by molar-refractivity contribution is 0.0996. The van der Waals surface area contributed by atoms with Crippen molar-refractivity contribution < 1.29 is 9.21 Å². The Balaban J connectivity index is 1.27. The molecule has 7 heteroatoms. The average Bonchev–Trinajstić information content (AvgIpc) is 3.42. The monoisotopic (exact) mass is 450 g/mol. The minimum Gasteiger partial charge on any atom is -0.459 e. The van der Waals surface area contributed by atoms with Gasteiger partial charge >= 0.3 is 0 Å². The summed E-state index contributed by atoms with van der Waals surface area (Å²) in [5.74, 6) is 0.0306. The van der Waals surface area contributed by atoms with Gasteiger partial charge < -0.3 is 15.1 Å². The van der Waals surface area contributed by atoms with Gasteiger partial charge in [-0.15, -0.1) is 0 Å². The van der Waals surface area contributed by atoms with Gasteiger partial charge in [0.1, 0.15) is 0 Å². The quantitative estimate of drug-likeness (QED) is 0.425. The van der Waals surface area contributed by atoms with Crippen LogP contribution in [0.3, 0.4) is 0 Å². The highest BCUT2D eigenvalue weighted by Crippen LogP contribution is 2.15. The number of halogens is 1. The molecular formula is C22H19BrN4O2. The highest BCUT2D eigenvalue weighted by Gasteiger charge is 2.08. The Morgan fingerprint density at radius 2 is 1.76 bits per heavy atom. The third-order valence-electron chi connectivity index (χ3n) is 4.34. The average molecular weight is 451 g/mol. The highest BCUT2D eigenvalue weighted by atomic mass is 79.9. The molecule has 0 radical (unpaired) electrons. The molecule has 4 rings (SSSR count). The summed E-state index contributed by atoms with van der Waals surface area (Å²) >= 11 is 3.44. The van der Waals surface area contributed by atoms with Crippen LogP contribution >= 0.6 is 15.9 Å². The van der Waals surface area contributed by atoms with Gasteiger partial charge in [0.15, 0.2) is 5.76 Å². The van der Waals surface area contributed by atoms with E-state index in [4.69, 9.17) is 4.42 Å². The van der Waals surface area contributed by atoms with Crippen LogP contribution in [0.15, 0.2) is 88.2 Å². The first-order valence-corrected chi connectivity index (χ1v) is 9.91. The lowest BCUT2D eigenvalue weighted by Gasteiger charge is -2.06. The Kier molecular flexibility index (Phi) is 5.88. The van der Waals surface area contributed by atoms with Crippen LogP contribution in [-0.2, 0) is 13.1 Å². The molecule has 0 bridgehead atoms. The molecule has 0 unspecified atom stereocenters. The summed E-state index contributed by atoms with van der Waals surface area (Å²) in [4.78, 5) is 12.0. The number of amides is 1. The van der Waals surface area contributed by atoms with Gasteiger partial charge in [-0.3, -0.25) is 4.79 Å². The summed E-state index contributed by atoms with van der Waals surface area (Å²) in [5, 5.41) is 10.6. The number of furan rings is 1. The van der Waals surface area contributed by atoms with Gasteiger partial charge in [0.05, 0.1) is 18.1 Å². The number of carbonyl (C=O) groups is 1. The molecule has 2 aromatic heterocycles. The predicted molar refractivity (Wildman–Crippen MR) is 115 cm³/mol. The van der Waals surface area contributed by atoms with E-state index in [1.165, 1.54) is 6.26 Å². The second kappa shape index (κ2) is 8.89. The van der Waals surface area contributed by atoms with E-state index in [2.05, 4.69) is 31.7 Å². The summed E-state index contributed by atoms with van der Waals surface area (Å²) in [7, 11) is 0. The van der Waals surface area contributed by atoms with Crippen molar-refractivity contribution in [3.05, 3.63) is 101 Å². The zero-order valence-electron chi connectivity index (χ0n) is 15.5. The molecule has 0 aliphatic heterocycles. The second-order valence-corrected chi connectivity index (χ2v) is 7.42. The number of nitrogens with zero attached hydrogens (tertiary/aromatic N) is 2. The molecule has 2 N–H and O–H groups in total. The van der Waals surface area contributed by atoms with E-state index in [0.29, 0.717) is 12.3 Å². The van der Waals surface area contributed by atoms with Crippen LogP contribution in [0.4, 0.5) is 5.69 Å². The van der Waals surface area contributed by atoms with E-state index in [1.54, 1.807) is 12.1 Å². The topological polar surface area (TPSA) is 72.1 Å². The van der Waals surface area contributed by atoms with Crippen LogP contribution in [0.2, 0.25) is 0 Å². The van der Waals surface area contributed by atoms with E-state index in [-0.39, 0.29) is 5.91 Å². The zero-order chi connectivity index (χ0) is 20.1. The third kappa shape index (κ3) is 5.01. The largest absolute Gasteiger partial charge is 0.459 e. The van der Waals surface area contributed by atoms with Crippen LogP contribution in [0.1, 0.15) is 21.7 Å². The van der Waals surface area contributed by atoms with Crippen LogP contribution < -0.4 is 10.6 Å². The first kappa shape index (κ1) is 19.2. The second-order valence-electron chi connectivity index (χ2n) is 6.50. The normalized spacial score (nSPS) is 10.8. The van der Waals surface area contributed by atoms with Crippen molar-refractivity contribution in [2.24, 2.45) is 0 Å². The molecular weight excluding hydrogens is 432 g/mol. The van der Waals surface area contributed by atoms with Crippen molar-refractivity contribution in [3.63, 3.8) is 0 Å². The number of benzene rings is 2. The van der Waals surface area contributed by atoms with Gasteiger partial charge in [-0.2, -0.15) is 5.10 Å². The van der Waals surface area contributed by atoms with E-state index >= 15 is 0 Å². The van der Waals surface area contributed by atoms with Crippen LogP contribution in [0.25, 0.3) is 5.69 Å². The number of nitrogens with one attached hydrogen (secondary N) is 2. The summed E-state index contributed by atoms with van der Waals surface area (Å²) in [6.07, 6.45) is 5.36. The smallest absolute Gasteiger partial charge is 0.291 e. The van der Waals surface area contributed by atoms with Crippen molar-refractivity contribution in [1.29, 1.82) is 0 Å². The van der Waals surface area contributed by atoms with E-state index in [0.717, 1.165) is 33.5 Å². The maximum atomic E-state index is 12.0. The highest BCUT2D eigenvalue weighted by molar-refractivity contribution is 9.10. The summed E-state index contributed by atoms with van der Waals surface area (Å²) in [6, 6.07) is 19.1. The predicted octanol–water partition coefficient (Wildman–Crippen LogP) is 4.77. The van der Waals surface area contributed by atoms with Crippen LogP contribution in [0.5, 0.6) is 0 Å². The Morgan fingerprint density at radius 3 is 2.48 bits per heavy atom. The molecule has 2 heterocycles. The standard InChI is InChI=1S/C22H19BrN4O2/c23-18-5-9-20(10-6-18)27-15-17(14-25-27)13-24-12-16-3-7-19(8-4-16)26-22(28)21-2-1-11-29-21/h1-11,14-15,24H,12-13H2,(H,26,28). The molecule has 0 spiro atoms. The Labute approximate surface area is 176 Å². The number of carbonyl (C=O) groups excluding carboxylic acids is 1. The minimum atomic E-state index is -0.260. The third-order valence-corrected chi connectivity index (χ3v) is 4.87. The molecule has 1 amide bonds. The number of hydrogen-bond donors (Lipinski definition) is 2. The summed E-state index contributed by atoms with van der Waals surface area (Å²) < 4.78 is 7.99. The Morgan fingerprint density at radius 1 is 1.00 bits per heavy atom. The fraction of sp³-hybridized carbons (Fsp3) is 0.0909. The molecule has 2 aromatic carbocycles. The SMILES string of the molecule is O=C(Nc1ccc(CNCc2cnn(-c3ccc(Br)cc3)c2)cc1)c1ccco1. The van der Waals surface area contributed by atoms with Crippen LogP contribution in [0, 0.1) is 0 Å². The maximum absolute atomic E-state index is 12.0. The van der Waals surface area contributed by atoms with Gasteiger partial charge in [0, 0.05) is 35.0 Å². The summed E-state index contributed by atoms with van der Waals surface area (Å²) in [5.41, 5.74) is 3.98. The molecule has 29 heavy (non-hydrogen) atoms. The molecule has 0 fully saturated rings. The van der Waals surface area contributed by atoms with Crippen molar-refractivity contribution in [2.75, 3.05) is 5.32 Å². The first-order valence-electron chi connectivity index (χ1n) is 9.11. The molecule has 0 saturated heterocycles. The number of anilines is 1. The van der Waals surface area contributed by atoms with Gasteiger partial charge in [-0.1, -0.05) is 28.1 Å². The Hall–Kier alpha value is -3.16. The van der Waals surface area contributed by atoms with E-state index in [1.807, 2.05) is 65.6 Å². The van der Waals surface area contributed by atoms with Crippen molar-refractivity contribution in [2.45, 2.75) is 13.1 Å². The maximum Gasteiger partial charge on any atom is 0.291 e. The lowest BCUT2D eigenvalue weighted by atomic mass is 10.2. The van der Waals surface area contributed by atoms with Gasteiger partial charge in [-0.25, -0.2) is 4.68 Å². The lowest BCUT2D eigenvalue weighted by Crippen LogP contribution is -2.13. The van der Waals surface area contributed by atoms with Gasteiger partial charge in [0.2, 0.25) is 0 Å². The zero-order valence-corrected chi connectivity index (χ0v) is 17.1. The van der Waals surface area contributed by atoms with Crippen molar-refractivity contribution in [1.82, 2.24) is 15.1 Å². The molecule has 6 nitrogen and oxygen atoms in total. The molecule has 0 atom stereocenters. The minimum absolute atomic E-state index is 0.260. The van der Waals surface area contributed by atoms with Gasteiger partial charge in [0.25, 0.3) is 5.91 Å². The summed E-state index contributed by atoms with van der Waals surface area (Å²) in [6.45, 7) is 1.43. The fourth-order valence-corrected chi connectivity index (χ4v) is 3.11. The number of hydrogen-bond acceptors (Lipinski definition) is 4. The van der Waals surface area contributed by atoms with Crippen molar-refractivity contribution in [3.8, 4) is 5.69 Å². The Bertz CT molecular complexity index is 1070. The first-order chi connectivity index (χ1) is 14.2. The fourth-order valence-electron chi connectivity index (χ4n) is 2.84. The molecule has 146 valence electrons. The van der Waals surface area contributed by atoms with E-state index < -0.39 is 0 Å². The van der Waals surface area contributed by atoms with E-state index in [9.17, 15) is 4.79 Å². The molecule has 4 aromatic rings. The van der Waals surface area contributed by atoms with Gasteiger partial charge in [-0.05, 0) is 54.1 Å². The number of rotatable bonds is 7. The van der Waals surface area contributed by atoms with Crippen molar-refractivity contribution >= 4 is 27.5 Å². The number of aromatic nitrogens is 2. The molecule has 0 aliphatic rings. The molecule has 0 saturated carbocycles. The van der Waals surface area contributed by atoms with Crippen LogP contribution in [-0.4, -0.2) is 15.7 Å². The molecule has 0 aliphatic carbocycles.